The van der Waals surface area contributed by atoms with Crippen LogP contribution < -0.4 is 0 Å². The summed E-state index contributed by atoms with van der Waals surface area (Å²) in [7, 11) is 0. The second-order valence-corrected chi connectivity index (χ2v) is 4.22. The van der Waals surface area contributed by atoms with Crippen LogP contribution in [0.25, 0.3) is 6.08 Å². The number of benzene rings is 1. The summed E-state index contributed by atoms with van der Waals surface area (Å²) in [5.41, 5.74) is 2.06. The number of aryl methyl sites for hydroxylation is 1. The molecule has 0 atom stereocenters. The van der Waals surface area contributed by atoms with E-state index in [9.17, 15) is 4.79 Å². The Hall–Kier alpha value is -2.08. The molecule has 94 valence electrons. The fraction of sp³-hybridized carbons (Fsp3) is 0.333. The molecule has 0 bridgehead atoms. The van der Waals surface area contributed by atoms with E-state index >= 15 is 0 Å². The predicted molar refractivity (Wildman–Crippen MR) is 70.6 cm³/mol. The van der Waals surface area contributed by atoms with Crippen LogP contribution in [0.3, 0.4) is 0 Å². The first-order valence-electron chi connectivity index (χ1n) is 5.98. The molecule has 18 heavy (non-hydrogen) atoms. The van der Waals surface area contributed by atoms with Gasteiger partial charge in [-0.3, -0.25) is 0 Å². The number of hydrogen-bond donors (Lipinski definition) is 0. The van der Waals surface area contributed by atoms with Gasteiger partial charge in [0.2, 0.25) is 0 Å². The largest absolute Gasteiger partial charge is 0.459 e. The number of esters is 1. The molecule has 3 nitrogen and oxygen atoms in total. The molecule has 0 radical (unpaired) electrons. The minimum absolute atomic E-state index is 0.0212. The van der Waals surface area contributed by atoms with E-state index in [4.69, 9.17) is 10.00 Å². The monoisotopic (exact) mass is 243 g/mol. The van der Waals surface area contributed by atoms with Crippen molar-refractivity contribution < 1.29 is 9.53 Å². The molecule has 0 saturated carbocycles. The Kier molecular flexibility index (Phi) is 5.13. The van der Waals surface area contributed by atoms with E-state index in [0.29, 0.717) is 0 Å². The van der Waals surface area contributed by atoms with Gasteiger partial charge in [0, 0.05) is 0 Å². The van der Waals surface area contributed by atoms with Gasteiger partial charge in [-0.05, 0) is 37.5 Å². The van der Waals surface area contributed by atoms with Gasteiger partial charge in [-0.2, -0.15) is 5.26 Å². The number of nitriles is 1. The second kappa shape index (κ2) is 6.61. The van der Waals surface area contributed by atoms with E-state index in [1.165, 1.54) is 5.56 Å². The molecule has 0 saturated heterocycles. The molecule has 0 unspecified atom stereocenters. The van der Waals surface area contributed by atoms with Gasteiger partial charge >= 0.3 is 5.97 Å². The summed E-state index contributed by atoms with van der Waals surface area (Å²) < 4.78 is 4.99. The van der Waals surface area contributed by atoms with E-state index in [1.54, 1.807) is 19.9 Å². The van der Waals surface area contributed by atoms with Gasteiger partial charge in [0.05, 0.1) is 6.10 Å². The van der Waals surface area contributed by atoms with Gasteiger partial charge in [0.25, 0.3) is 0 Å². The molecular weight excluding hydrogens is 226 g/mol. The average molecular weight is 243 g/mol. The Balaban J connectivity index is 2.90. The zero-order valence-electron chi connectivity index (χ0n) is 10.9. The fourth-order valence-electron chi connectivity index (χ4n) is 1.43. The molecule has 0 N–H and O–H groups in total. The maximum Gasteiger partial charge on any atom is 0.349 e. The molecule has 3 heteroatoms. The molecular formula is C15H17NO2. The molecule has 0 amide bonds. The van der Waals surface area contributed by atoms with Gasteiger partial charge in [0.1, 0.15) is 11.6 Å². The molecule has 0 spiro atoms. The Morgan fingerprint density at radius 2 is 2.00 bits per heavy atom. The molecule has 0 heterocycles. The van der Waals surface area contributed by atoms with E-state index in [2.05, 4.69) is 6.92 Å². The van der Waals surface area contributed by atoms with Crippen LogP contribution in [0.4, 0.5) is 0 Å². The van der Waals surface area contributed by atoms with Gasteiger partial charge in [-0.1, -0.05) is 31.2 Å². The Morgan fingerprint density at radius 3 is 2.44 bits per heavy atom. The van der Waals surface area contributed by atoms with Gasteiger partial charge in [0.15, 0.2) is 0 Å². The van der Waals surface area contributed by atoms with Crippen molar-refractivity contribution >= 4 is 12.0 Å². The van der Waals surface area contributed by atoms with Crippen molar-refractivity contribution in [2.75, 3.05) is 0 Å². The molecule has 0 aliphatic rings. The third kappa shape index (κ3) is 4.06. The lowest BCUT2D eigenvalue weighted by molar-refractivity contribution is -0.142. The van der Waals surface area contributed by atoms with Crippen molar-refractivity contribution in [3.8, 4) is 6.07 Å². The molecule has 0 aliphatic heterocycles. The maximum absolute atomic E-state index is 11.6. The SMILES string of the molecule is CCc1ccc(/C=C(/C#N)C(=O)OC(C)C)cc1. The minimum Gasteiger partial charge on any atom is -0.459 e. The quantitative estimate of drug-likeness (QED) is 0.464. The normalized spacial score (nSPS) is 11.2. The van der Waals surface area contributed by atoms with Crippen molar-refractivity contribution in [2.45, 2.75) is 33.3 Å². The van der Waals surface area contributed by atoms with Crippen LogP contribution in [0.15, 0.2) is 29.8 Å². The van der Waals surface area contributed by atoms with E-state index in [1.807, 2.05) is 30.3 Å². The zero-order chi connectivity index (χ0) is 13.5. The second-order valence-electron chi connectivity index (χ2n) is 4.22. The lowest BCUT2D eigenvalue weighted by Gasteiger charge is -2.06. The number of nitrogens with zero attached hydrogens (tertiary/aromatic N) is 1. The lowest BCUT2D eigenvalue weighted by Crippen LogP contribution is -2.12. The first-order valence-corrected chi connectivity index (χ1v) is 5.98. The number of ether oxygens (including phenoxy) is 1. The number of carbonyl (C=O) groups excluding carboxylic acids is 1. The summed E-state index contributed by atoms with van der Waals surface area (Å²) in [6.45, 7) is 5.58. The maximum atomic E-state index is 11.6. The summed E-state index contributed by atoms with van der Waals surface area (Å²) in [5, 5.41) is 8.95. The highest BCUT2D eigenvalue weighted by atomic mass is 16.5. The van der Waals surface area contributed by atoms with Crippen LogP contribution in [0.2, 0.25) is 0 Å². The summed E-state index contributed by atoms with van der Waals surface area (Å²) in [6, 6.07) is 9.61. The molecule has 1 aromatic carbocycles. The highest BCUT2D eigenvalue weighted by molar-refractivity contribution is 5.97. The Bertz CT molecular complexity index is 478. The highest BCUT2D eigenvalue weighted by Crippen LogP contribution is 2.11. The van der Waals surface area contributed by atoms with Gasteiger partial charge in [-0.25, -0.2) is 4.79 Å². The summed E-state index contributed by atoms with van der Waals surface area (Å²) in [5.74, 6) is -0.577. The van der Waals surface area contributed by atoms with Gasteiger partial charge < -0.3 is 4.74 Å². The van der Waals surface area contributed by atoms with Crippen molar-refractivity contribution in [3.63, 3.8) is 0 Å². The van der Waals surface area contributed by atoms with Crippen molar-refractivity contribution in [3.05, 3.63) is 41.0 Å². The Morgan fingerprint density at radius 1 is 1.39 bits per heavy atom. The van der Waals surface area contributed by atoms with E-state index in [-0.39, 0.29) is 11.7 Å². The summed E-state index contributed by atoms with van der Waals surface area (Å²) in [4.78, 5) is 11.6. The first-order chi connectivity index (χ1) is 8.56. The van der Waals surface area contributed by atoms with Crippen LogP contribution in [-0.2, 0) is 16.0 Å². The van der Waals surface area contributed by atoms with Crippen molar-refractivity contribution in [2.24, 2.45) is 0 Å². The number of carbonyl (C=O) groups is 1. The van der Waals surface area contributed by atoms with E-state index in [0.717, 1.165) is 12.0 Å². The van der Waals surface area contributed by atoms with Crippen LogP contribution >= 0.6 is 0 Å². The molecule has 1 rings (SSSR count). The van der Waals surface area contributed by atoms with Crippen LogP contribution in [-0.4, -0.2) is 12.1 Å². The van der Waals surface area contributed by atoms with Crippen molar-refractivity contribution in [1.29, 1.82) is 5.26 Å². The summed E-state index contributed by atoms with van der Waals surface area (Å²) in [6.07, 6.45) is 2.28. The summed E-state index contributed by atoms with van der Waals surface area (Å²) >= 11 is 0. The van der Waals surface area contributed by atoms with E-state index < -0.39 is 5.97 Å². The molecule has 0 aliphatic carbocycles. The smallest absolute Gasteiger partial charge is 0.349 e. The lowest BCUT2D eigenvalue weighted by atomic mass is 10.1. The minimum atomic E-state index is -0.577. The molecule has 0 fully saturated rings. The number of hydrogen-bond acceptors (Lipinski definition) is 3. The van der Waals surface area contributed by atoms with Crippen LogP contribution in [0.1, 0.15) is 31.9 Å². The predicted octanol–water partition coefficient (Wildman–Crippen LogP) is 3.11. The van der Waals surface area contributed by atoms with Gasteiger partial charge in [-0.15, -0.1) is 0 Å². The standard InChI is InChI=1S/C15H17NO2/c1-4-12-5-7-13(8-6-12)9-14(10-16)15(17)18-11(2)3/h5-9,11H,4H2,1-3H3/b14-9-. The molecule has 0 aromatic heterocycles. The number of rotatable bonds is 4. The van der Waals surface area contributed by atoms with Crippen LogP contribution in [0.5, 0.6) is 0 Å². The first kappa shape index (κ1) is 14.0. The third-order valence-corrected chi connectivity index (χ3v) is 2.38. The van der Waals surface area contributed by atoms with Crippen molar-refractivity contribution in [1.82, 2.24) is 0 Å². The zero-order valence-corrected chi connectivity index (χ0v) is 10.9. The fourth-order valence-corrected chi connectivity index (χ4v) is 1.43. The topological polar surface area (TPSA) is 50.1 Å². The third-order valence-electron chi connectivity index (χ3n) is 2.38. The molecule has 1 aromatic rings. The highest BCUT2D eigenvalue weighted by Gasteiger charge is 2.12. The van der Waals surface area contributed by atoms with Crippen LogP contribution in [0, 0.1) is 11.3 Å². The Labute approximate surface area is 108 Å². The average Bonchev–Trinajstić information content (AvgIpc) is 2.35.